The number of hydrogen-bond donors (Lipinski definition) is 0. The number of hydrogen-bond acceptors (Lipinski definition) is 5. The van der Waals surface area contributed by atoms with E-state index in [4.69, 9.17) is 9.47 Å². The summed E-state index contributed by atoms with van der Waals surface area (Å²) in [6, 6.07) is 0. The van der Waals surface area contributed by atoms with Gasteiger partial charge in [-0.15, -0.1) is 0 Å². The van der Waals surface area contributed by atoms with Crippen LogP contribution in [-0.2, 0) is 23.9 Å². The molecule has 0 aromatic carbocycles. The Morgan fingerprint density at radius 3 is 2.72 bits per heavy atom. The van der Waals surface area contributed by atoms with Crippen LogP contribution in [-0.4, -0.2) is 29.9 Å². The van der Waals surface area contributed by atoms with Gasteiger partial charge < -0.3 is 9.47 Å². The van der Waals surface area contributed by atoms with Crippen LogP contribution >= 0.6 is 0 Å². The summed E-state index contributed by atoms with van der Waals surface area (Å²) >= 11 is 0. The highest BCUT2D eigenvalue weighted by atomic mass is 16.6. The van der Waals surface area contributed by atoms with Crippen molar-refractivity contribution in [3.8, 4) is 0 Å². The Kier molecular flexibility index (Phi) is 4.85. The molecule has 2 aliphatic carbocycles. The summed E-state index contributed by atoms with van der Waals surface area (Å²) in [4.78, 5) is 36.9. The highest BCUT2D eigenvalue weighted by Gasteiger charge is 2.55. The van der Waals surface area contributed by atoms with E-state index in [2.05, 4.69) is 0 Å². The Balaban J connectivity index is 1.94. The van der Waals surface area contributed by atoms with Crippen LogP contribution < -0.4 is 0 Å². The first-order valence-corrected chi connectivity index (χ1v) is 9.17. The molecule has 5 nitrogen and oxygen atoms in total. The van der Waals surface area contributed by atoms with Gasteiger partial charge in [0.05, 0.1) is 5.92 Å². The maximum absolute atomic E-state index is 12.4. The minimum Gasteiger partial charge on any atom is -0.462 e. The summed E-state index contributed by atoms with van der Waals surface area (Å²) < 4.78 is 11.5. The fourth-order valence-corrected chi connectivity index (χ4v) is 4.46. The van der Waals surface area contributed by atoms with Crippen molar-refractivity contribution >= 4 is 17.7 Å². The molecule has 2 unspecified atom stereocenters. The molecule has 25 heavy (non-hydrogen) atoms. The fourth-order valence-electron chi connectivity index (χ4n) is 4.46. The first kappa shape index (κ1) is 17.9. The number of rotatable bonds is 4. The van der Waals surface area contributed by atoms with E-state index in [-0.39, 0.29) is 35.5 Å². The molecule has 5 atom stereocenters. The second kappa shape index (κ2) is 6.77. The Morgan fingerprint density at radius 2 is 2.04 bits per heavy atom. The minimum atomic E-state index is -0.429. The van der Waals surface area contributed by atoms with Gasteiger partial charge in [-0.3, -0.25) is 14.4 Å². The summed E-state index contributed by atoms with van der Waals surface area (Å²) in [5.74, 6) is -1.27. The van der Waals surface area contributed by atoms with Gasteiger partial charge in [-0.05, 0) is 26.3 Å². The summed E-state index contributed by atoms with van der Waals surface area (Å²) in [6.45, 7) is 7.68. The standard InChI is InChI=1S/C20H26O5/c1-5-6-7-15(22)24-14-9-11(3)16-13(21)8-10(2)17(16)19-18(14)12(4)20(23)25-19/h8,12,14,17-19H,5-7,9H2,1-4H3/t12-,14-,17?,18?,19+/m0/s1. The van der Waals surface area contributed by atoms with E-state index < -0.39 is 12.2 Å². The monoisotopic (exact) mass is 346 g/mol. The van der Waals surface area contributed by atoms with Gasteiger partial charge in [-0.25, -0.2) is 0 Å². The molecule has 0 amide bonds. The van der Waals surface area contributed by atoms with E-state index in [1.807, 2.05) is 27.7 Å². The quantitative estimate of drug-likeness (QED) is 0.732. The van der Waals surface area contributed by atoms with Crippen LogP contribution in [0.25, 0.3) is 0 Å². The highest BCUT2D eigenvalue weighted by Crippen LogP contribution is 2.48. The van der Waals surface area contributed by atoms with E-state index >= 15 is 0 Å². The third-order valence-corrected chi connectivity index (χ3v) is 5.75. The number of carbonyl (C=O) groups is 3. The molecule has 3 aliphatic rings. The van der Waals surface area contributed by atoms with E-state index in [0.29, 0.717) is 12.8 Å². The Morgan fingerprint density at radius 1 is 1.32 bits per heavy atom. The predicted molar refractivity (Wildman–Crippen MR) is 91.5 cm³/mol. The number of unbranched alkanes of at least 4 members (excludes halogenated alkanes) is 1. The van der Waals surface area contributed by atoms with Crippen LogP contribution in [0.3, 0.4) is 0 Å². The van der Waals surface area contributed by atoms with Crippen molar-refractivity contribution in [3.63, 3.8) is 0 Å². The number of carbonyl (C=O) groups excluding carboxylic acids is 3. The van der Waals surface area contributed by atoms with Crippen molar-refractivity contribution in [1.82, 2.24) is 0 Å². The van der Waals surface area contributed by atoms with E-state index in [0.717, 1.165) is 29.6 Å². The van der Waals surface area contributed by atoms with E-state index in [1.54, 1.807) is 6.08 Å². The largest absolute Gasteiger partial charge is 0.462 e. The second-order valence-corrected chi connectivity index (χ2v) is 7.53. The molecule has 0 radical (unpaired) electrons. The normalized spacial score (nSPS) is 34.2. The molecule has 0 bridgehead atoms. The van der Waals surface area contributed by atoms with Gasteiger partial charge in [-0.1, -0.05) is 31.4 Å². The molecule has 0 aromatic rings. The van der Waals surface area contributed by atoms with Crippen LogP contribution in [0.1, 0.15) is 53.4 Å². The van der Waals surface area contributed by atoms with Crippen molar-refractivity contribution < 1.29 is 23.9 Å². The lowest BCUT2D eigenvalue weighted by atomic mass is 9.79. The molecule has 1 heterocycles. The smallest absolute Gasteiger partial charge is 0.309 e. The zero-order valence-electron chi connectivity index (χ0n) is 15.3. The number of allylic oxidation sites excluding steroid dienone is 1. The van der Waals surface area contributed by atoms with E-state index in [9.17, 15) is 14.4 Å². The van der Waals surface area contributed by atoms with Gasteiger partial charge in [0.25, 0.3) is 0 Å². The molecule has 0 spiro atoms. The molecule has 0 N–H and O–H groups in total. The van der Waals surface area contributed by atoms with Gasteiger partial charge in [0.2, 0.25) is 0 Å². The molecular formula is C20H26O5. The maximum atomic E-state index is 12.4. The molecule has 3 rings (SSSR count). The topological polar surface area (TPSA) is 69.7 Å². The molecule has 1 fully saturated rings. The van der Waals surface area contributed by atoms with Crippen LogP contribution in [0.5, 0.6) is 0 Å². The third kappa shape index (κ3) is 3.05. The molecule has 136 valence electrons. The fraction of sp³-hybridized carbons (Fsp3) is 0.650. The van der Waals surface area contributed by atoms with E-state index in [1.165, 1.54) is 0 Å². The van der Waals surface area contributed by atoms with Crippen LogP contribution in [0.15, 0.2) is 22.8 Å². The summed E-state index contributed by atoms with van der Waals surface area (Å²) in [5, 5.41) is 0. The van der Waals surface area contributed by atoms with Crippen LogP contribution in [0.2, 0.25) is 0 Å². The summed E-state index contributed by atoms with van der Waals surface area (Å²) in [5.41, 5.74) is 2.59. The van der Waals surface area contributed by atoms with Crippen molar-refractivity contribution in [2.24, 2.45) is 17.8 Å². The maximum Gasteiger partial charge on any atom is 0.309 e. The van der Waals surface area contributed by atoms with Gasteiger partial charge in [0.1, 0.15) is 12.2 Å². The number of fused-ring (bicyclic) bond motifs is 3. The first-order valence-electron chi connectivity index (χ1n) is 9.17. The van der Waals surface area contributed by atoms with Gasteiger partial charge >= 0.3 is 11.9 Å². The van der Waals surface area contributed by atoms with Crippen LogP contribution in [0.4, 0.5) is 0 Å². The second-order valence-electron chi connectivity index (χ2n) is 7.53. The molecular weight excluding hydrogens is 320 g/mol. The average Bonchev–Trinajstić information content (AvgIpc) is 2.95. The number of esters is 2. The minimum absolute atomic E-state index is 0.00712. The lowest BCUT2D eigenvalue weighted by Gasteiger charge is -2.29. The Labute approximate surface area is 148 Å². The molecule has 0 aromatic heterocycles. The van der Waals surface area contributed by atoms with Crippen molar-refractivity contribution in [1.29, 1.82) is 0 Å². The third-order valence-electron chi connectivity index (χ3n) is 5.75. The summed E-state index contributed by atoms with van der Waals surface area (Å²) in [6.07, 6.45) is 3.37. The molecule has 1 aliphatic heterocycles. The number of ether oxygens (including phenoxy) is 2. The average molecular weight is 346 g/mol. The zero-order chi connectivity index (χ0) is 18.3. The Bertz CT molecular complexity index is 672. The number of ketones is 1. The molecule has 5 heteroatoms. The summed E-state index contributed by atoms with van der Waals surface area (Å²) in [7, 11) is 0. The lowest BCUT2D eigenvalue weighted by molar-refractivity contribution is -0.153. The highest BCUT2D eigenvalue weighted by molar-refractivity contribution is 6.09. The zero-order valence-corrected chi connectivity index (χ0v) is 15.3. The van der Waals surface area contributed by atoms with Gasteiger partial charge in [-0.2, -0.15) is 0 Å². The van der Waals surface area contributed by atoms with Crippen LogP contribution in [0, 0.1) is 17.8 Å². The molecule has 0 saturated carbocycles. The van der Waals surface area contributed by atoms with Crippen molar-refractivity contribution in [2.45, 2.75) is 65.6 Å². The van der Waals surface area contributed by atoms with Crippen molar-refractivity contribution in [2.75, 3.05) is 0 Å². The lowest BCUT2D eigenvalue weighted by Crippen LogP contribution is -2.37. The van der Waals surface area contributed by atoms with Gasteiger partial charge in [0, 0.05) is 30.3 Å². The Hall–Kier alpha value is -1.91. The molecule has 1 saturated heterocycles. The van der Waals surface area contributed by atoms with Crippen molar-refractivity contribution in [3.05, 3.63) is 22.8 Å². The predicted octanol–water partition coefficient (Wildman–Crippen LogP) is 3.13. The van der Waals surface area contributed by atoms with Gasteiger partial charge in [0.15, 0.2) is 5.78 Å². The SMILES string of the molecule is CCCCC(=O)O[C@H]1CC(C)=C2C(=O)C=C(C)C2[C@H]2OC(=O)[C@@H](C)C21. The first-order chi connectivity index (χ1) is 11.8.